The molecule has 0 bridgehead atoms. The molecule has 7 nitrogen and oxygen atoms in total. The van der Waals surface area contributed by atoms with E-state index in [9.17, 15) is 9.90 Å². The predicted octanol–water partition coefficient (Wildman–Crippen LogP) is 3.13. The van der Waals surface area contributed by atoms with Crippen LogP contribution in [0.25, 0.3) is 22.3 Å². The van der Waals surface area contributed by atoms with Crippen LogP contribution in [0.1, 0.15) is 29.3 Å². The number of benzene rings is 2. The monoisotopic (exact) mass is 401 g/mol. The molecule has 0 radical (unpaired) electrons. The molecule has 30 heavy (non-hydrogen) atoms. The normalized spacial score (nSPS) is 13.1. The first kappa shape index (κ1) is 19.7. The second kappa shape index (κ2) is 8.84. The number of pyridine rings is 1. The highest BCUT2D eigenvalue weighted by atomic mass is 16.3. The quantitative estimate of drug-likeness (QED) is 0.441. The number of aromatic nitrogens is 4. The van der Waals surface area contributed by atoms with Gasteiger partial charge in [0.15, 0.2) is 0 Å². The van der Waals surface area contributed by atoms with Crippen LogP contribution in [0.15, 0.2) is 66.9 Å². The molecular formula is C23H23N5O2. The van der Waals surface area contributed by atoms with Gasteiger partial charge in [-0.15, -0.1) is 5.10 Å². The number of hydrogen-bond donors (Lipinski definition) is 3. The summed E-state index contributed by atoms with van der Waals surface area (Å²) in [6.45, 7) is 1.72. The Morgan fingerprint density at radius 3 is 2.53 bits per heavy atom. The van der Waals surface area contributed by atoms with E-state index in [4.69, 9.17) is 0 Å². The largest absolute Gasteiger partial charge is 0.393 e. The maximum atomic E-state index is 12.7. The highest BCUT2D eigenvalue weighted by Gasteiger charge is 2.18. The van der Waals surface area contributed by atoms with E-state index in [1.165, 1.54) is 6.20 Å². The molecule has 0 aliphatic rings. The smallest absolute Gasteiger partial charge is 0.253 e. The summed E-state index contributed by atoms with van der Waals surface area (Å²) < 4.78 is 0. The number of amides is 1. The molecule has 2 atom stereocenters. The number of H-pyrrole nitrogens is 1. The second-order valence-electron chi connectivity index (χ2n) is 7.41. The van der Waals surface area contributed by atoms with E-state index in [1.807, 2.05) is 18.2 Å². The van der Waals surface area contributed by atoms with Crippen molar-refractivity contribution in [1.29, 1.82) is 0 Å². The Bertz CT molecular complexity index is 1120. The Labute approximate surface area is 174 Å². The molecule has 2 aromatic carbocycles. The fraction of sp³-hybridized carbons (Fsp3) is 0.217. The van der Waals surface area contributed by atoms with Gasteiger partial charge in [0.25, 0.3) is 5.91 Å². The summed E-state index contributed by atoms with van der Waals surface area (Å²) in [5, 5.41) is 23.3. The summed E-state index contributed by atoms with van der Waals surface area (Å²) in [5.41, 5.74) is 4.80. The first-order chi connectivity index (χ1) is 14.6. The molecule has 1 amide bonds. The zero-order valence-electron chi connectivity index (χ0n) is 16.6. The minimum Gasteiger partial charge on any atom is -0.393 e. The number of nitrogens with one attached hydrogen (secondary N) is 2. The van der Waals surface area contributed by atoms with Gasteiger partial charge in [0, 0.05) is 12.2 Å². The van der Waals surface area contributed by atoms with Gasteiger partial charge >= 0.3 is 0 Å². The first-order valence-corrected chi connectivity index (χ1v) is 9.88. The maximum absolute atomic E-state index is 12.7. The Morgan fingerprint density at radius 2 is 1.80 bits per heavy atom. The van der Waals surface area contributed by atoms with E-state index in [1.54, 1.807) is 13.0 Å². The van der Waals surface area contributed by atoms with E-state index >= 15 is 0 Å². The molecule has 0 aliphatic heterocycles. The SMILES string of the molecule is C[C@@H](O)C[C@@H](Cc1ccc(-c2ccccc2)cc1)NC(=O)c1cnc2n[nH]nc2c1. The van der Waals surface area contributed by atoms with Crippen molar-refractivity contribution in [3.05, 3.63) is 78.0 Å². The lowest BCUT2D eigenvalue weighted by Gasteiger charge is -2.20. The molecule has 0 saturated heterocycles. The minimum atomic E-state index is -0.532. The fourth-order valence-corrected chi connectivity index (χ4v) is 3.49. The molecule has 4 aromatic rings. The van der Waals surface area contributed by atoms with Crippen molar-refractivity contribution >= 4 is 17.1 Å². The summed E-state index contributed by atoms with van der Waals surface area (Å²) in [6, 6.07) is 19.9. The number of rotatable bonds is 7. The summed E-state index contributed by atoms with van der Waals surface area (Å²) in [4.78, 5) is 16.9. The number of aliphatic hydroxyl groups is 1. The van der Waals surface area contributed by atoms with Gasteiger partial charge in [-0.1, -0.05) is 54.6 Å². The molecule has 7 heteroatoms. The number of carbonyl (C=O) groups excluding carboxylic acids is 1. The van der Waals surface area contributed by atoms with E-state index in [0.29, 0.717) is 29.6 Å². The van der Waals surface area contributed by atoms with Crippen molar-refractivity contribution in [3.63, 3.8) is 0 Å². The van der Waals surface area contributed by atoms with E-state index in [2.05, 4.69) is 62.1 Å². The number of carbonyl (C=O) groups is 1. The molecule has 2 heterocycles. The first-order valence-electron chi connectivity index (χ1n) is 9.88. The Kier molecular flexibility index (Phi) is 5.81. The Hall–Kier alpha value is -3.58. The van der Waals surface area contributed by atoms with Crippen molar-refractivity contribution in [3.8, 4) is 11.1 Å². The van der Waals surface area contributed by atoms with Gasteiger partial charge in [0.05, 0.1) is 11.7 Å². The molecule has 0 saturated carbocycles. The molecule has 0 fully saturated rings. The van der Waals surface area contributed by atoms with Gasteiger partial charge in [-0.05, 0) is 42.5 Å². The van der Waals surface area contributed by atoms with Gasteiger partial charge in [0.2, 0.25) is 5.65 Å². The Balaban J connectivity index is 1.47. The Morgan fingerprint density at radius 1 is 1.07 bits per heavy atom. The van der Waals surface area contributed by atoms with Gasteiger partial charge in [-0.3, -0.25) is 4.79 Å². The van der Waals surface area contributed by atoms with Crippen LogP contribution in [-0.2, 0) is 6.42 Å². The fourth-order valence-electron chi connectivity index (χ4n) is 3.49. The van der Waals surface area contributed by atoms with Gasteiger partial charge in [-0.2, -0.15) is 10.3 Å². The van der Waals surface area contributed by atoms with Crippen molar-refractivity contribution in [2.24, 2.45) is 0 Å². The van der Waals surface area contributed by atoms with Crippen LogP contribution in [0.3, 0.4) is 0 Å². The minimum absolute atomic E-state index is 0.215. The molecule has 0 aliphatic carbocycles. The number of nitrogens with zero attached hydrogens (tertiary/aromatic N) is 3. The summed E-state index contributed by atoms with van der Waals surface area (Å²) in [5.74, 6) is -0.251. The lowest BCUT2D eigenvalue weighted by atomic mass is 9.98. The zero-order chi connectivity index (χ0) is 20.9. The van der Waals surface area contributed by atoms with Crippen LogP contribution in [0.4, 0.5) is 0 Å². The number of aromatic amines is 1. The van der Waals surface area contributed by atoms with Crippen LogP contribution in [0.2, 0.25) is 0 Å². The van der Waals surface area contributed by atoms with Crippen molar-refractivity contribution in [1.82, 2.24) is 25.7 Å². The molecule has 152 valence electrons. The number of fused-ring (bicyclic) bond motifs is 1. The summed E-state index contributed by atoms with van der Waals surface area (Å²) in [6.07, 6.45) is 2.01. The molecular weight excluding hydrogens is 378 g/mol. The predicted molar refractivity (Wildman–Crippen MR) is 115 cm³/mol. The maximum Gasteiger partial charge on any atom is 0.253 e. The number of aliphatic hydroxyl groups excluding tert-OH is 1. The lowest BCUT2D eigenvalue weighted by molar-refractivity contribution is 0.0917. The van der Waals surface area contributed by atoms with Crippen molar-refractivity contribution < 1.29 is 9.90 Å². The lowest BCUT2D eigenvalue weighted by Crippen LogP contribution is -2.38. The summed E-state index contributed by atoms with van der Waals surface area (Å²) >= 11 is 0. The topological polar surface area (TPSA) is 104 Å². The van der Waals surface area contributed by atoms with Crippen LogP contribution < -0.4 is 5.32 Å². The molecule has 2 aromatic heterocycles. The van der Waals surface area contributed by atoms with Crippen LogP contribution in [0, 0.1) is 0 Å². The van der Waals surface area contributed by atoms with Crippen LogP contribution in [-0.4, -0.2) is 43.6 Å². The zero-order valence-corrected chi connectivity index (χ0v) is 16.6. The van der Waals surface area contributed by atoms with E-state index < -0.39 is 6.10 Å². The van der Waals surface area contributed by atoms with Crippen LogP contribution >= 0.6 is 0 Å². The third-order valence-corrected chi connectivity index (χ3v) is 4.94. The molecule has 0 unspecified atom stereocenters. The third kappa shape index (κ3) is 4.69. The average Bonchev–Trinajstić information content (AvgIpc) is 3.22. The molecule has 4 rings (SSSR count). The van der Waals surface area contributed by atoms with E-state index in [-0.39, 0.29) is 11.9 Å². The van der Waals surface area contributed by atoms with Crippen molar-refractivity contribution in [2.45, 2.75) is 31.9 Å². The van der Waals surface area contributed by atoms with Gasteiger partial charge < -0.3 is 10.4 Å². The number of hydrogen-bond acceptors (Lipinski definition) is 5. The third-order valence-electron chi connectivity index (χ3n) is 4.94. The van der Waals surface area contributed by atoms with Gasteiger partial charge in [0.1, 0.15) is 5.52 Å². The highest BCUT2D eigenvalue weighted by Crippen LogP contribution is 2.20. The standard InChI is InChI=1S/C23H23N5O2/c1-15(29)11-20(25-23(30)19-13-21-22(24-14-19)27-28-26-21)12-16-7-9-18(10-8-16)17-5-3-2-4-6-17/h2-10,13-15,20,29H,11-12H2,1H3,(H,25,30)(H,24,26,27,28)/t15-,20+/m1/s1. The van der Waals surface area contributed by atoms with E-state index in [0.717, 1.165) is 16.7 Å². The molecule has 0 spiro atoms. The second-order valence-corrected chi connectivity index (χ2v) is 7.41. The highest BCUT2D eigenvalue weighted by molar-refractivity contribution is 5.96. The molecule has 3 N–H and O–H groups in total. The van der Waals surface area contributed by atoms with Crippen molar-refractivity contribution in [2.75, 3.05) is 0 Å². The average molecular weight is 401 g/mol. The summed E-state index contributed by atoms with van der Waals surface area (Å²) in [7, 11) is 0. The van der Waals surface area contributed by atoms with Gasteiger partial charge in [-0.25, -0.2) is 4.98 Å². The van der Waals surface area contributed by atoms with Crippen LogP contribution in [0.5, 0.6) is 0 Å².